The largest absolute Gasteiger partial charge is 0.370 e. The number of fused-ring (bicyclic) bond motifs is 3. The van der Waals surface area contributed by atoms with Crippen molar-refractivity contribution in [2.45, 2.75) is 6.92 Å². The minimum Gasteiger partial charge on any atom is -0.370 e. The van der Waals surface area contributed by atoms with Gasteiger partial charge in [-0.15, -0.1) is 11.3 Å². The molecule has 7 heteroatoms. The van der Waals surface area contributed by atoms with Gasteiger partial charge in [0.1, 0.15) is 15.0 Å². The smallest absolute Gasteiger partial charge is 0.181 e. The van der Waals surface area contributed by atoms with E-state index in [4.69, 9.17) is 0 Å². The van der Waals surface area contributed by atoms with Gasteiger partial charge in [-0.3, -0.25) is 4.40 Å². The van der Waals surface area contributed by atoms with Gasteiger partial charge < -0.3 is 5.32 Å². The molecule has 1 N–H and O–H groups in total. The predicted octanol–water partition coefficient (Wildman–Crippen LogP) is 4.12. The van der Waals surface area contributed by atoms with Crippen molar-refractivity contribution in [3.63, 3.8) is 0 Å². The first kappa shape index (κ1) is 13.7. The van der Waals surface area contributed by atoms with Gasteiger partial charge in [-0.25, -0.2) is 15.0 Å². The Bertz CT molecular complexity index is 1000. The first-order valence-corrected chi connectivity index (χ1v) is 8.36. The van der Waals surface area contributed by atoms with Gasteiger partial charge in [0.05, 0.1) is 10.6 Å². The molecule has 0 spiro atoms. The summed E-state index contributed by atoms with van der Waals surface area (Å²) in [6.45, 7) is 2.05. The summed E-state index contributed by atoms with van der Waals surface area (Å²) in [5.74, 6) is 0.784. The highest BCUT2D eigenvalue weighted by Gasteiger charge is 2.15. The third kappa shape index (κ3) is 2.00. The number of nitrogens with one attached hydrogen (secondary N) is 1. The van der Waals surface area contributed by atoms with Crippen LogP contribution in [0.4, 0.5) is 5.82 Å². The second kappa shape index (κ2) is 5.03. The van der Waals surface area contributed by atoms with E-state index in [0.717, 1.165) is 42.7 Å². The minimum absolute atomic E-state index is 0.784. The van der Waals surface area contributed by atoms with Crippen molar-refractivity contribution in [2.75, 3.05) is 12.4 Å². The van der Waals surface area contributed by atoms with Crippen LogP contribution in [0.15, 0.2) is 35.1 Å². The third-order valence-corrected chi connectivity index (χ3v) is 5.06. The second-order valence-electron chi connectivity index (χ2n) is 4.92. The Balaban J connectivity index is 2.05. The van der Waals surface area contributed by atoms with Crippen LogP contribution in [0.1, 0.15) is 5.69 Å². The summed E-state index contributed by atoms with van der Waals surface area (Å²) in [6, 6.07) is 7.99. The minimum atomic E-state index is 0.784. The van der Waals surface area contributed by atoms with Crippen molar-refractivity contribution in [1.29, 1.82) is 0 Å². The maximum absolute atomic E-state index is 4.68. The van der Waals surface area contributed by atoms with E-state index in [0.29, 0.717) is 0 Å². The standard InChI is InChI=1S/C15H12BrN5S/c1-8-7-18-14-13(17-2)20-10-6-11(22-15(10)21(8)14)9-4-3-5-12(16)19-9/h3-7H,1-2H3,(H,17,20). The summed E-state index contributed by atoms with van der Waals surface area (Å²) in [5, 5.41) is 3.12. The Hall–Kier alpha value is -1.99. The van der Waals surface area contributed by atoms with Gasteiger partial charge in [0, 0.05) is 18.9 Å². The number of aryl methyl sites for hydroxylation is 1. The number of anilines is 1. The zero-order valence-corrected chi connectivity index (χ0v) is 14.4. The van der Waals surface area contributed by atoms with Crippen LogP contribution in [0.5, 0.6) is 0 Å². The monoisotopic (exact) mass is 373 g/mol. The average Bonchev–Trinajstić information content (AvgIpc) is 3.10. The molecular weight excluding hydrogens is 362 g/mol. The summed E-state index contributed by atoms with van der Waals surface area (Å²) in [4.78, 5) is 15.8. The van der Waals surface area contributed by atoms with Crippen LogP contribution in [0.2, 0.25) is 0 Å². The van der Waals surface area contributed by atoms with Gasteiger partial charge >= 0.3 is 0 Å². The molecule has 0 amide bonds. The van der Waals surface area contributed by atoms with Crippen LogP contribution in [0.3, 0.4) is 0 Å². The Labute approximate surface area is 139 Å². The average molecular weight is 374 g/mol. The molecule has 0 aliphatic carbocycles. The molecular formula is C15H12BrN5S. The number of aromatic nitrogens is 4. The highest BCUT2D eigenvalue weighted by Crippen LogP contribution is 2.34. The van der Waals surface area contributed by atoms with E-state index in [1.165, 1.54) is 0 Å². The molecule has 22 heavy (non-hydrogen) atoms. The molecule has 0 aliphatic rings. The molecule has 0 saturated heterocycles. The van der Waals surface area contributed by atoms with Crippen LogP contribution >= 0.6 is 27.3 Å². The Morgan fingerprint density at radius 2 is 2.14 bits per heavy atom. The fraction of sp³-hybridized carbons (Fsp3) is 0.133. The molecule has 5 nitrogen and oxygen atoms in total. The zero-order valence-electron chi connectivity index (χ0n) is 12.0. The molecule has 0 atom stereocenters. The number of imidazole rings is 1. The van der Waals surface area contributed by atoms with Crippen LogP contribution in [0, 0.1) is 6.92 Å². The first-order valence-electron chi connectivity index (χ1n) is 6.75. The predicted molar refractivity (Wildman–Crippen MR) is 93.6 cm³/mol. The Morgan fingerprint density at radius 1 is 1.27 bits per heavy atom. The van der Waals surface area contributed by atoms with E-state index >= 15 is 0 Å². The number of thiophene rings is 1. The van der Waals surface area contributed by atoms with Crippen molar-refractivity contribution in [2.24, 2.45) is 0 Å². The third-order valence-electron chi connectivity index (χ3n) is 3.48. The van der Waals surface area contributed by atoms with Crippen molar-refractivity contribution >= 4 is 49.1 Å². The molecule has 4 rings (SSSR count). The van der Waals surface area contributed by atoms with Crippen LogP contribution in [-0.4, -0.2) is 26.4 Å². The lowest BCUT2D eigenvalue weighted by atomic mass is 10.3. The van der Waals surface area contributed by atoms with Crippen LogP contribution in [0.25, 0.3) is 26.6 Å². The second-order valence-corrected chi connectivity index (χ2v) is 6.76. The summed E-state index contributed by atoms with van der Waals surface area (Å²) in [6.07, 6.45) is 1.87. The zero-order chi connectivity index (χ0) is 15.3. The Kier molecular flexibility index (Phi) is 3.12. The number of hydrogen-bond donors (Lipinski definition) is 1. The van der Waals surface area contributed by atoms with E-state index in [9.17, 15) is 0 Å². The van der Waals surface area contributed by atoms with Gasteiger partial charge in [-0.05, 0) is 41.1 Å². The normalized spacial score (nSPS) is 11.4. The van der Waals surface area contributed by atoms with Crippen molar-refractivity contribution in [1.82, 2.24) is 19.4 Å². The van der Waals surface area contributed by atoms with E-state index in [1.807, 2.05) is 31.4 Å². The number of hydrogen-bond acceptors (Lipinski definition) is 5. The lowest BCUT2D eigenvalue weighted by Crippen LogP contribution is -1.98. The van der Waals surface area contributed by atoms with E-state index < -0.39 is 0 Å². The topological polar surface area (TPSA) is 55.1 Å². The molecule has 0 fully saturated rings. The van der Waals surface area contributed by atoms with Gasteiger partial charge in [0.25, 0.3) is 0 Å². The van der Waals surface area contributed by atoms with Gasteiger partial charge in [0.2, 0.25) is 0 Å². The lowest BCUT2D eigenvalue weighted by Gasteiger charge is -2.04. The maximum atomic E-state index is 4.68. The van der Waals surface area contributed by atoms with Crippen LogP contribution in [-0.2, 0) is 0 Å². The fourth-order valence-electron chi connectivity index (χ4n) is 2.48. The quantitative estimate of drug-likeness (QED) is 0.537. The van der Waals surface area contributed by atoms with Gasteiger partial charge in [-0.2, -0.15) is 0 Å². The van der Waals surface area contributed by atoms with Gasteiger partial charge in [-0.1, -0.05) is 6.07 Å². The fourth-order valence-corrected chi connectivity index (χ4v) is 3.95. The van der Waals surface area contributed by atoms with E-state index in [1.54, 1.807) is 11.3 Å². The molecule has 0 radical (unpaired) electrons. The van der Waals surface area contributed by atoms with Crippen molar-refractivity contribution < 1.29 is 0 Å². The molecule has 110 valence electrons. The summed E-state index contributed by atoms with van der Waals surface area (Å²) < 4.78 is 2.97. The molecule has 0 bridgehead atoms. The molecule has 0 saturated carbocycles. The Morgan fingerprint density at radius 3 is 2.91 bits per heavy atom. The van der Waals surface area contributed by atoms with Crippen LogP contribution < -0.4 is 5.32 Å². The number of rotatable bonds is 2. The summed E-state index contributed by atoms with van der Waals surface area (Å²) >= 11 is 5.10. The highest BCUT2D eigenvalue weighted by molar-refractivity contribution is 9.10. The first-order chi connectivity index (χ1) is 10.7. The highest BCUT2D eigenvalue weighted by atomic mass is 79.9. The van der Waals surface area contributed by atoms with E-state index in [2.05, 4.69) is 53.6 Å². The van der Waals surface area contributed by atoms with Crippen molar-refractivity contribution in [3.05, 3.63) is 40.8 Å². The lowest BCUT2D eigenvalue weighted by molar-refractivity contribution is 1.15. The number of halogens is 1. The molecule has 4 aromatic heterocycles. The summed E-state index contributed by atoms with van der Waals surface area (Å²) in [7, 11) is 1.86. The van der Waals surface area contributed by atoms with Gasteiger partial charge in [0.15, 0.2) is 11.5 Å². The molecule has 0 unspecified atom stereocenters. The SMILES string of the molecule is CNc1nc2cc(-c3cccc(Br)n3)sc2n2c(C)cnc12. The van der Waals surface area contributed by atoms with E-state index in [-0.39, 0.29) is 0 Å². The molecule has 4 heterocycles. The number of pyridine rings is 1. The van der Waals surface area contributed by atoms with Crippen molar-refractivity contribution in [3.8, 4) is 10.6 Å². The maximum Gasteiger partial charge on any atom is 0.181 e. The molecule has 4 aromatic rings. The number of nitrogens with zero attached hydrogens (tertiary/aromatic N) is 4. The summed E-state index contributed by atoms with van der Waals surface area (Å²) in [5.41, 5.74) is 3.83. The molecule has 0 aromatic carbocycles. The molecule has 0 aliphatic heterocycles.